The second-order valence-corrected chi connectivity index (χ2v) is 9.74. The van der Waals surface area contributed by atoms with Gasteiger partial charge in [-0.1, -0.05) is 40.5 Å². The topological polar surface area (TPSA) is 193 Å². The molecule has 0 aromatic rings. The van der Waals surface area contributed by atoms with Crippen molar-refractivity contribution in [1.82, 2.24) is 10.6 Å². The third-order valence-corrected chi connectivity index (χ3v) is 4.57. The van der Waals surface area contributed by atoms with E-state index in [1.807, 2.05) is 55.4 Å². The molecule has 0 aliphatic rings. The second-order valence-electron chi connectivity index (χ2n) is 9.74. The molecule has 0 aromatic heterocycles. The number of aliphatic hydroxyl groups excluding tert-OH is 2. The number of nitrogens with two attached hydrogens (primary N) is 1. The van der Waals surface area contributed by atoms with Gasteiger partial charge in [0.05, 0.1) is 6.61 Å². The Morgan fingerprint density at radius 2 is 1.19 bits per heavy atom. The molecule has 0 bridgehead atoms. The summed E-state index contributed by atoms with van der Waals surface area (Å²) in [5.41, 5.74) is 4.22. The van der Waals surface area contributed by atoms with E-state index in [2.05, 4.69) is 10.6 Å². The van der Waals surface area contributed by atoms with Crippen molar-refractivity contribution in [2.75, 3.05) is 26.4 Å². The van der Waals surface area contributed by atoms with E-state index in [0.29, 0.717) is 0 Å². The molecular weight excluding hydrogens is 495 g/mol. The minimum Gasteiger partial charge on any atom is -0.449 e. The molecule has 0 saturated carbocycles. The molecule has 0 aromatic carbocycles. The summed E-state index contributed by atoms with van der Waals surface area (Å²) in [4.78, 5) is 33.2. The van der Waals surface area contributed by atoms with E-state index in [4.69, 9.17) is 30.3 Å². The Balaban J connectivity index is -0.000000262. The summed E-state index contributed by atoms with van der Waals surface area (Å²) in [6.45, 7) is 15.9. The Hall–Kier alpha value is -1.94. The van der Waals surface area contributed by atoms with Crippen LogP contribution in [0.2, 0.25) is 0 Å². The number of aliphatic hydroxyl groups is 2. The molecule has 0 spiro atoms. The van der Waals surface area contributed by atoms with Gasteiger partial charge in [-0.25, -0.2) is 14.4 Å². The Morgan fingerprint density at radius 3 is 1.49 bits per heavy atom. The standard InChI is InChI=1S/C12H24N2O4.C11H23NO3.CHNO.Na/c1-5-6-12(4,7-17-10(13)15)8-18-11(16)14-9(2)3;1-5-6-11(4,7-13)8-15-10(14)12-9(2)3;2-1-3;/h9H,5-8H2,1-4H3,(H2,13,15)(H,14,16);9,13H,5-8H2,1-4H3,(H,12,14);3H;/q;;;+1. The van der Waals surface area contributed by atoms with Gasteiger partial charge < -0.3 is 40.8 Å². The van der Waals surface area contributed by atoms with Crippen LogP contribution in [0.5, 0.6) is 0 Å². The molecule has 0 aliphatic heterocycles. The van der Waals surface area contributed by atoms with Crippen molar-refractivity contribution in [3.05, 3.63) is 0 Å². The summed E-state index contributed by atoms with van der Waals surface area (Å²) in [5.74, 6) is 0. The largest absolute Gasteiger partial charge is 1.00 e. The van der Waals surface area contributed by atoms with Gasteiger partial charge in [0.15, 0.2) is 0 Å². The number of carbonyl (C=O) groups is 3. The maximum Gasteiger partial charge on any atom is 1.00 e. The number of hydrogen-bond acceptors (Lipinski definition) is 9. The van der Waals surface area contributed by atoms with Crippen LogP contribution in [0.4, 0.5) is 14.4 Å². The van der Waals surface area contributed by atoms with Crippen molar-refractivity contribution in [1.29, 1.82) is 5.26 Å². The second kappa shape index (κ2) is 24.4. The Kier molecular flexibility index (Phi) is 27.8. The minimum atomic E-state index is -0.816. The molecule has 3 amide bonds. The van der Waals surface area contributed by atoms with E-state index < -0.39 is 23.7 Å². The Labute approximate surface area is 244 Å². The number of nitrogens with zero attached hydrogens (tertiary/aromatic N) is 1. The van der Waals surface area contributed by atoms with E-state index in [1.54, 1.807) is 0 Å². The fraction of sp³-hybridized carbons (Fsp3) is 0.833. The van der Waals surface area contributed by atoms with E-state index in [0.717, 1.165) is 31.9 Å². The molecule has 6 N–H and O–H groups in total. The van der Waals surface area contributed by atoms with Crippen LogP contribution < -0.4 is 45.9 Å². The van der Waals surface area contributed by atoms with Crippen LogP contribution in [-0.4, -0.2) is 67.0 Å². The average molecular weight is 544 g/mol. The molecule has 12 nitrogen and oxygen atoms in total. The van der Waals surface area contributed by atoms with Crippen molar-refractivity contribution >= 4 is 18.3 Å². The summed E-state index contributed by atoms with van der Waals surface area (Å²) in [6.07, 6.45) is 2.53. The maximum atomic E-state index is 11.4. The van der Waals surface area contributed by atoms with Crippen molar-refractivity contribution in [2.45, 2.75) is 93.2 Å². The zero-order chi connectivity index (χ0) is 28.8. The first-order valence-corrected chi connectivity index (χ1v) is 12.1. The Morgan fingerprint density at radius 1 is 0.865 bits per heavy atom. The normalized spacial score (nSPS) is 12.9. The third-order valence-electron chi connectivity index (χ3n) is 4.57. The predicted octanol–water partition coefficient (Wildman–Crippen LogP) is 0.786. The molecule has 0 radical (unpaired) electrons. The van der Waals surface area contributed by atoms with Gasteiger partial charge in [0.2, 0.25) is 0 Å². The van der Waals surface area contributed by atoms with Gasteiger partial charge >= 0.3 is 47.8 Å². The number of carbonyl (C=O) groups excluding carboxylic acids is 3. The molecule has 212 valence electrons. The number of ether oxygens (including phenoxy) is 3. The molecule has 37 heavy (non-hydrogen) atoms. The first-order valence-electron chi connectivity index (χ1n) is 12.1. The summed E-state index contributed by atoms with van der Waals surface area (Å²) in [7, 11) is 0. The van der Waals surface area contributed by atoms with Crippen molar-refractivity contribution < 1.29 is 68.4 Å². The molecule has 2 atom stereocenters. The molecular formula is C24H48N4NaO8+. The number of nitrogens with one attached hydrogen (secondary N) is 2. The van der Waals surface area contributed by atoms with Gasteiger partial charge in [-0.3, -0.25) is 0 Å². The molecule has 0 fully saturated rings. The van der Waals surface area contributed by atoms with Crippen LogP contribution in [-0.2, 0) is 14.2 Å². The fourth-order valence-corrected chi connectivity index (χ4v) is 2.87. The predicted molar refractivity (Wildman–Crippen MR) is 135 cm³/mol. The number of nitriles is 1. The van der Waals surface area contributed by atoms with Gasteiger partial charge in [-0.05, 0) is 40.5 Å². The van der Waals surface area contributed by atoms with Crippen LogP contribution >= 0.6 is 0 Å². The van der Waals surface area contributed by atoms with E-state index >= 15 is 0 Å². The monoisotopic (exact) mass is 543 g/mol. The van der Waals surface area contributed by atoms with Crippen molar-refractivity contribution in [3.8, 4) is 6.26 Å². The maximum absolute atomic E-state index is 11.4. The van der Waals surface area contributed by atoms with Crippen LogP contribution in [0.25, 0.3) is 0 Å². The van der Waals surface area contributed by atoms with Crippen molar-refractivity contribution in [2.24, 2.45) is 16.6 Å². The smallest absolute Gasteiger partial charge is 0.449 e. The molecule has 0 rings (SSSR count). The van der Waals surface area contributed by atoms with E-state index in [1.165, 1.54) is 0 Å². The van der Waals surface area contributed by atoms with E-state index in [-0.39, 0.29) is 73.5 Å². The Bertz CT molecular complexity index is 661. The van der Waals surface area contributed by atoms with Gasteiger partial charge in [0, 0.05) is 22.9 Å². The first-order chi connectivity index (χ1) is 16.6. The summed E-state index contributed by atoms with van der Waals surface area (Å²) >= 11 is 0. The van der Waals surface area contributed by atoms with E-state index in [9.17, 15) is 19.5 Å². The number of primary amides is 1. The zero-order valence-corrected chi connectivity index (χ0v) is 26.2. The van der Waals surface area contributed by atoms with Crippen LogP contribution in [0.15, 0.2) is 0 Å². The number of hydrogen-bond donors (Lipinski definition) is 5. The average Bonchev–Trinajstić information content (AvgIpc) is 2.76. The summed E-state index contributed by atoms with van der Waals surface area (Å²) < 4.78 is 15.0. The molecule has 0 heterocycles. The summed E-state index contributed by atoms with van der Waals surface area (Å²) in [6, 6.07) is 0.0980. The van der Waals surface area contributed by atoms with Crippen LogP contribution in [0, 0.1) is 22.3 Å². The van der Waals surface area contributed by atoms with Crippen LogP contribution in [0.1, 0.15) is 81.1 Å². The summed E-state index contributed by atoms with van der Waals surface area (Å²) in [5, 5.41) is 28.2. The van der Waals surface area contributed by atoms with Gasteiger partial charge in [-0.15, -0.1) is 0 Å². The molecule has 2 unspecified atom stereocenters. The molecule has 13 heteroatoms. The van der Waals surface area contributed by atoms with Gasteiger partial charge in [0.25, 0.3) is 6.26 Å². The quantitative estimate of drug-likeness (QED) is 0.127. The SMILES string of the molecule is CCCC(C)(CO)COC(=O)NC(C)C.CCCC(C)(COC(N)=O)COC(=O)NC(C)C.N#CO.[Na+]. The fourth-order valence-electron chi connectivity index (χ4n) is 2.87. The number of amides is 3. The number of alkyl carbamates (subject to hydrolysis) is 2. The molecule has 0 saturated heterocycles. The van der Waals surface area contributed by atoms with Gasteiger partial charge in [-0.2, -0.15) is 5.26 Å². The molecule has 0 aliphatic carbocycles. The van der Waals surface area contributed by atoms with Gasteiger partial charge in [0.1, 0.15) is 19.8 Å². The number of rotatable bonds is 13. The zero-order valence-electron chi connectivity index (χ0n) is 24.2. The minimum absolute atomic E-state index is 0. The van der Waals surface area contributed by atoms with Crippen molar-refractivity contribution in [3.63, 3.8) is 0 Å². The first kappa shape index (κ1) is 42.2. The third kappa shape index (κ3) is 28.5. The van der Waals surface area contributed by atoms with Crippen LogP contribution in [0.3, 0.4) is 0 Å².